The van der Waals surface area contributed by atoms with Crippen LogP contribution in [0, 0.1) is 6.92 Å². The molecule has 1 rings (SSSR count). The van der Waals surface area contributed by atoms with Gasteiger partial charge in [-0.1, -0.05) is 6.07 Å². The minimum atomic E-state index is -1.12. The number of carboxylic acids is 1. The summed E-state index contributed by atoms with van der Waals surface area (Å²) < 4.78 is 4.79. The summed E-state index contributed by atoms with van der Waals surface area (Å²) >= 11 is 0. The molecule has 0 radical (unpaired) electrons. The maximum Gasteiger partial charge on any atom is 0.326 e. The summed E-state index contributed by atoms with van der Waals surface area (Å²) in [5, 5.41) is 20.9. The van der Waals surface area contributed by atoms with Crippen LogP contribution >= 0.6 is 0 Å². The molecule has 1 unspecified atom stereocenters. The third-order valence-corrected chi connectivity index (χ3v) is 2.69. The topological polar surface area (TPSA) is 95.9 Å². The van der Waals surface area contributed by atoms with Gasteiger partial charge in [0.1, 0.15) is 11.8 Å². The molecule has 0 fully saturated rings. The van der Waals surface area contributed by atoms with E-state index in [9.17, 15) is 14.7 Å². The van der Waals surface area contributed by atoms with Crippen LogP contribution in [0.3, 0.4) is 0 Å². The quantitative estimate of drug-likeness (QED) is 0.712. The number of carbonyl (C=O) groups excluding carboxylic acids is 1. The van der Waals surface area contributed by atoms with E-state index in [-0.39, 0.29) is 24.3 Å². The van der Waals surface area contributed by atoms with Crippen molar-refractivity contribution in [3.8, 4) is 5.75 Å². The van der Waals surface area contributed by atoms with E-state index < -0.39 is 17.9 Å². The van der Waals surface area contributed by atoms with E-state index in [4.69, 9.17) is 9.84 Å². The molecule has 3 N–H and O–H groups in total. The second kappa shape index (κ2) is 6.75. The molecule has 0 heterocycles. The minimum Gasteiger partial charge on any atom is -0.508 e. The van der Waals surface area contributed by atoms with Gasteiger partial charge in [-0.25, -0.2) is 4.79 Å². The number of methoxy groups -OCH3 is 1. The van der Waals surface area contributed by atoms with Gasteiger partial charge in [-0.05, 0) is 24.6 Å². The fourth-order valence-electron chi connectivity index (χ4n) is 1.49. The van der Waals surface area contributed by atoms with Gasteiger partial charge in [-0.2, -0.15) is 0 Å². The summed E-state index contributed by atoms with van der Waals surface area (Å²) in [4.78, 5) is 22.8. The Bertz CT molecular complexity index is 472. The highest BCUT2D eigenvalue weighted by atomic mass is 16.5. The van der Waals surface area contributed by atoms with Crippen LogP contribution in [0.15, 0.2) is 18.2 Å². The van der Waals surface area contributed by atoms with Crippen molar-refractivity contribution in [2.24, 2.45) is 0 Å². The number of aliphatic carboxylic acids is 1. The summed E-state index contributed by atoms with van der Waals surface area (Å²) in [6.45, 7) is 1.94. The molecular formula is C13H17NO5. The summed E-state index contributed by atoms with van der Waals surface area (Å²) in [5.74, 6) is -1.67. The lowest BCUT2D eigenvalue weighted by molar-refractivity contribution is -0.139. The summed E-state index contributed by atoms with van der Waals surface area (Å²) in [6, 6.07) is 3.41. The van der Waals surface area contributed by atoms with Crippen LogP contribution in [-0.4, -0.2) is 41.8 Å². The molecule has 0 spiro atoms. The lowest BCUT2D eigenvalue weighted by atomic mass is 10.1. The highest BCUT2D eigenvalue weighted by molar-refractivity contribution is 5.97. The van der Waals surface area contributed by atoms with Crippen LogP contribution in [0.4, 0.5) is 0 Å². The van der Waals surface area contributed by atoms with Gasteiger partial charge in [0.05, 0.1) is 0 Å². The molecule has 0 bridgehead atoms. The number of hydrogen-bond donors (Lipinski definition) is 3. The predicted molar refractivity (Wildman–Crippen MR) is 68.2 cm³/mol. The second-order valence-corrected chi connectivity index (χ2v) is 4.15. The Morgan fingerprint density at radius 3 is 2.63 bits per heavy atom. The molecule has 1 aromatic rings. The molecule has 0 aromatic heterocycles. The molecule has 6 heteroatoms. The number of nitrogens with one attached hydrogen (secondary N) is 1. The lowest BCUT2D eigenvalue weighted by Crippen LogP contribution is -2.41. The molecule has 1 aromatic carbocycles. The van der Waals surface area contributed by atoms with E-state index in [0.717, 1.165) is 0 Å². The number of phenols is 1. The average Bonchev–Trinajstić information content (AvgIpc) is 2.37. The third-order valence-electron chi connectivity index (χ3n) is 2.69. The zero-order valence-electron chi connectivity index (χ0n) is 10.8. The minimum absolute atomic E-state index is 0.00332. The van der Waals surface area contributed by atoms with Crippen molar-refractivity contribution in [3.63, 3.8) is 0 Å². The maximum atomic E-state index is 11.9. The number of rotatable bonds is 6. The number of ether oxygens (including phenoxy) is 1. The highest BCUT2D eigenvalue weighted by Crippen LogP contribution is 2.17. The van der Waals surface area contributed by atoms with Gasteiger partial charge in [0.25, 0.3) is 5.91 Å². The summed E-state index contributed by atoms with van der Waals surface area (Å²) in [7, 11) is 1.46. The Kier molecular flexibility index (Phi) is 5.32. The van der Waals surface area contributed by atoms with Crippen molar-refractivity contribution >= 4 is 11.9 Å². The number of carboxylic acid groups (broad SMARTS) is 1. The Morgan fingerprint density at radius 2 is 2.11 bits per heavy atom. The second-order valence-electron chi connectivity index (χ2n) is 4.15. The lowest BCUT2D eigenvalue weighted by Gasteiger charge is -2.14. The van der Waals surface area contributed by atoms with Gasteiger partial charge in [0.15, 0.2) is 0 Å². The van der Waals surface area contributed by atoms with Crippen LogP contribution in [0.5, 0.6) is 5.75 Å². The van der Waals surface area contributed by atoms with Gasteiger partial charge in [-0.3, -0.25) is 4.79 Å². The first-order valence-electron chi connectivity index (χ1n) is 5.78. The van der Waals surface area contributed by atoms with E-state index in [1.165, 1.54) is 19.2 Å². The van der Waals surface area contributed by atoms with Gasteiger partial charge >= 0.3 is 5.97 Å². The van der Waals surface area contributed by atoms with Crippen molar-refractivity contribution in [2.45, 2.75) is 19.4 Å². The predicted octanol–water partition coefficient (Wildman–Crippen LogP) is 0.920. The molecule has 19 heavy (non-hydrogen) atoms. The Morgan fingerprint density at radius 1 is 1.42 bits per heavy atom. The van der Waals surface area contributed by atoms with Crippen molar-refractivity contribution in [3.05, 3.63) is 29.3 Å². The van der Waals surface area contributed by atoms with Crippen LogP contribution in [-0.2, 0) is 9.53 Å². The van der Waals surface area contributed by atoms with Gasteiger partial charge in [0, 0.05) is 25.7 Å². The van der Waals surface area contributed by atoms with Gasteiger partial charge in [0.2, 0.25) is 0 Å². The number of amides is 1. The molecule has 0 saturated heterocycles. The fourth-order valence-corrected chi connectivity index (χ4v) is 1.49. The molecule has 0 aliphatic heterocycles. The smallest absolute Gasteiger partial charge is 0.326 e. The Hall–Kier alpha value is -2.08. The zero-order chi connectivity index (χ0) is 14.4. The zero-order valence-corrected chi connectivity index (χ0v) is 10.8. The van der Waals surface area contributed by atoms with Gasteiger partial charge < -0.3 is 20.3 Å². The number of benzene rings is 1. The molecule has 104 valence electrons. The van der Waals surface area contributed by atoms with E-state index >= 15 is 0 Å². The molecule has 0 aliphatic rings. The molecule has 0 saturated carbocycles. The fraction of sp³-hybridized carbons (Fsp3) is 0.385. The number of hydrogen-bond acceptors (Lipinski definition) is 4. The van der Waals surface area contributed by atoms with Crippen LogP contribution in [0.2, 0.25) is 0 Å². The first-order valence-corrected chi connectivity index (χ1v) is 5.78. The number of carbonyl (C=O) groups is 2. The SMILES string of the molecule is COCCC(NC(=O)c1ccc(C)c(O)c1)C(=O)O. The standard InChI is InChI=1S/C13H17NO5/c1-8-3-4-9(7-11(8)15)12(16)14-10(13(17)18)5-6-19-2/h3-4,7,10,15H,5-6H2,1-2H3,(H,14,16)(H,17,18). The molecule has 0 aliphatic carbocycles. The summed E-state index contributed by atoms with van der Waals surface area (Å²) in [6.07, 6.45) is 0.176. The molecule has 1 amide bonds. The van der Waals surface area contributed by atoms with Crippen molar-refractivity contribution in [1.82, 2.24) is 5.32 Å². The van der Waals surface area contributed by atoms with Crippen molar-refractivity contribution < 1.29 is 24.5 Å². The first-order chi connectivity index (χ1) is 8.95. The summed E-state index contributed by atoms with van der Waals surface area (Å²) in [5.41, 5.74) is 0.859. The number of aromatic hydroxyl groups is 1. The largest absolute Gasteiger partial charge is 0.508 e. The third kappa shape index (κ3) is 4.26. The van der Waals surface area contributed by atoms with Crippen molar-refractivity contribution in [1.29, 1.82) is 0 Å². The van der Waals surface area contributed by atoms with Crippen LogP contribution < -0.4 is 5.32 Å². The molecular weight excluding hydrogens is 250 g/mol. The molecule has 1 atom stereocenters. The highest BCUT2D eigenvalue weighted by Gasteiger charge is 2.20. The Balaban J connectivity index is 2.75. The maximum absolute atomic E-state index is 11.9. The number of phenolic OH excluding ortho intramolecular Hbond substituents is 1. The first kappa shape index (κ1) is 15.0. The molecule has 6 nitrogen and oxygen atoms in total. The Labute approximate surface area is 111 Å². The van der Waals surface area contributed by atoms with Crippen molar-refractivity contribution in [2.75, 3.05) is 13.7 Å². The van der Waals surface area contributed by atoms with E-state index in [2.05, 4.69) is 5.32 Å². The average molecular weight is 267 g/mol. The van der Waals surface area contributed by atoms with E-state index in [1.54, 1.807) is 13.0 Å². The monoisotopic (exact) mass is 267 g/mol. The van der Waals surface area contributed by atoms with E-state index in [0.29, 0.717) is 5.56 Å². The normalized spacial score (nSPS) is 11.9. The van der Waals surface area contributed by atoms with Gasteiger partial charge in [-0.15, -0.1) is 0 Å². The van der Waals surface area contributed by atoms with Crippen LogP contribution in [0.25, 0.3) is 0 Å². The van der Waals surface area contributed by atoms with Crippen LogP contribution in [0.1, 0.15) is 22.3 Å². The number of aryl methyl sites for hydroxylation is 1. The van der Waals surface area contributed by atoms with E-state index in [1.807, 2.05) is 0 Å².